The van der Waals surface area contributed by atoms with Crippen molar-refractivity contribution in [2.75, 3.05) is 0 Å². The standard InChI is InChI=1S/C34H70O2/c1-8-11-14-17-20-23-26-29-33(28-25-22-19-16-13-10-3)34(35-31(4)5,36-32(6)7)30-27-24-21-18-15-12-9-2/h31-33H,8-30H2,1-7H3. The molecule has 0 saturated carbocycles. The average molecular weight is 511 g/mol. The van der Waals surface area contributed by atoms with Crippen molar-refractivity contribution in [1.29, 1.82) is 0 Å². The third-order valence-corrected chi connectivity index (χ3v) is 7.68. The van der Waals surface area contributed by atoms with E-state index in [1.807, 2.05) is 0 Å². The zero-order valence-corrected chi connectivity index (χ0v) is 26.3. The molecular weight excluding hydrogens is 440 g/mol. The van der Waals surface area contributed by atoms with Crippen molar-refractivity contribution in [2.45, 2.75) is 214 Å². The van der Waals surface area contributed by atoms with Crippen LogP contribution < -0.4 is 0 Å². The second kappa shape index (κ2) is 25.2. The number of ether oxygens (including phenoxy) is 2. The molecule has 0 aromatic carbocycles. The molecule has 0 spiro atoms. The summed E-state index contributed by atoms with van der Waals surface area (Å²) in [6, 6.07) is 0. The van der Waals surface area contributed by atoms with Crippen molar-refractivity contribution in [1.82, 2.24) is 0 Å². The van der Waals surface area contributed by atoms with Crippen molar-refractivity contribution in [3.63, 3.8) is 0 Å². The van der Waals surface area contributed by atoms with Gasteiger partial charge in [-0.2, -0.15) is 0 Å². The molecular formula is C34H70O2. The molecule has 0 aliphatic rings. The van der Waals surface area contributed by atoms with Crippen LogP contribution in [0.25, 0.3) is 0 Å². The summed E-state index contributed by atoms with van der Waals surface area (Å²) in [4.78, 5) is 0. The molecule has 0 radical (unpaired) electrons. The molecule has 1 atom stereocenters. The predicted octanol–water partition coefficient (Wildman–Crippen LogP) is 12.2. The minimum atomic E-state index is -0.405. The van der Waals surface area contributed by atoms with E-state index in [9.17, 15) is 0 Å². The highest BCUT2D eigenvalue weighted by Crippen LogP contribution is 2.39. The predicted molar refractivity (Wildman–Crippen MR) is 162 cm³/mol. The maximum Gasteiger partial charge on any atom is 0.171 e. The molecule has 0 amide bonds. The van der Waals surface area contributed by atoms with E-state index in [2.05, 4.69) is 48.5 Å². The van der Waals surface area contributed by atoms with Gasteiger partial charge in [0.05, 0.1) is 12.2 Å². The van der Waals surface area contributed by atoms with Gasteiger partial charge in [0.25, 0.3) is 0 Å². The second-order valence-electron chi connectivity index (χ2n) is 12.2. The number of unbranched alkanes of at least 4 members (excludes halogenated alkanes) is 17. The molecule has 0 fully saturated rings. The monoisotopic (exact) mass is 511 g/mol. The van der Waals surface area contributed by atoms with Gasteiger partial charge in [-0.25, -0.2) is 0 Å². The van der Waals surface area contributed by atoms with E-state index in [4.69, 9.17) is 9.47 Å². The van der Waals surface area contributed by atoms with Crippen molar-refractivity contribution in [3.8, 4) is 0 Å². The van der Waals surface area contributed by atoms with Crippen LogP contribution in [0.5, 0.6) is 0 Å². The van der Waals surface area contributed by atoms with Crippen LogP contribution in [0.15, 0.2) is 0 Å². The van der Waals surface area contributed by atoms with E-state index in [1.165, 1.54) is 141 Å². The third kappa shape index (κ3) is 20.0. The molecule has 0 aromatic rings. The highest BCUT2D eigenvalue weighted by atomic mass is 16.7. The summed E-state index contributed by atoms with van der Waals surface area (Å²) in [5.41, 5.74) is 0. The Labute approximate surface area is 229 Å². The Morgan fingerprint density at radius 1 is 0.417 bits per heavy atom. The van der Waals surface area contributed by atoms with Crippen LogP contribution in [0.4, 0.5) is 0 Å². The van der Waals surface area contributed by atoms with Gasteiger partial charge in [0.2, 0.25) is 0 Å². The van der Waals surface area contributed by atoms with Gasteiger partial charge in [0, 0.05) is 12.3 Å². The van der Waals surface area contributed by atoms with Gasteiger partial charge in [-0.05, 0) is 47.0 Å². The Morgan fingerprint density at radius 2 is 0.722 bits per heavy atom. The Balaban J connectivity index is 5.23. The molecule has 0 bridgehead atoms. The van der Waals surface area contributed by atoms with Crippen molar-refractivity contribution < 1.29 is 9.47 Å². The average Bonchev–Trinajstić information content (AvgIpc) is 2.82. The minimum Gasteiger partial charge on any atom is -0.347 e. The van der Waals surface area contributed by atoms with Crippen molar-refractivity contribution in [2.24, 2.45) is 5.92 Å². The second-order valence-corrected chi connectivity index (χ2v) is 12.2. The molecule has 0 rings (SSSR count). The van der Waals surface area contributed by atoms with Crippen LogP contribution in [-0.2, 0) is 9.47 Å². The first-order chi connectivity index (χ1) is 17.4. The zero-order valence-electron chi connectivity index (χ0n) is 26.3. The normalized spacial score (nSPS) is 13.2. The molecule has 0 aliphatic carbocycles. The molecule has 0 heterocycles. The summed E-state index contributed by atoms with van der Waals surface area (Å²) < 4.78 is 13.7. The lowest BCUT2D eigenvalue weighted by Crippen LogP contribution is -2.47. The molecule has 36 heavy (non-hydrogen) atoms. The molecule has 218 valence electrons. The quantitative estimate of drug-likeness (QED) is 0.0769. The highest BCUT2D eigenvalue weighted by molar-refractivity contribution is 4.83. The van der Waals surface area contributed by atoms with Gasteiger partial charge in [-0.3, -0.25) is 0 Å². The van der Waals surface area contributed by atoms with Crippen LogP contribution in [0, 0.1) is 5.92 Å². The summed E-state index contributed by atoms with van der Waals surface area (Å²) in [5, 5.41) is 0. The van der Waals surface area contributed by atoms with Gasteiger partial charge >= 0.3 is 0 Å². The lowest BCUT2D eigenvalue weighted by molar-refractivity contribution is -0.302. The fourth-order valence-corrected chi connectivity index (χ4v) is 5.77. The van der Waals surface area contributed by atoms with Gasteiger partial charge in [0.15, 0.2) is 5.79 Å². The first kappa shape index (κ1) is 35.9. The first-order valence-electron chi connectivity index (χ1n) is 16.8. The first-order valence-corrected chi connectivity index (χ1v) is 16.8. The van der Waals surface area contributed by atoms with Gasteiger partial charge in [-0.15, -0.1) is 0 Å². The maximum atomic E-state index is 6.84. The van der Waals surface area contributed by atoms with Crippen LogP contribution in [0.1, 0.15) is 196 Å². The molecule has 0 saturated heterocycles. The molecule has 2 heteroatoms. The number of hydrogen-bond donors (Lipinski definition) is 0. The van der Waals surface area contributed by atoms with Gasteiger partial charge in [0.1, 0.15) is 0 Å². The molecule has 0 N–H and O–H groups in total. The Kier molecular flexibility index (Phi) is 25.2. The van der Waals surface area contributed by atoms with Gasteiger partial charge < -0.3 is 9.47 Å². The van der Waals surface area contributed by atoms with Crippen LogP contribution in [0.3, 0.4) is 0 Å². The molecule has 1 unspecified atom stereocenters. The van der Waals surface area contributed by atoms with Crippen LogP contribution >= 0.6 is 0 Å². The fourth-order valence-electron chi connectivity index (χ4n) is 5.77. The van der Waals surface area contributed by atoms with Gasteiger partial charge in [-0.1, -0.05) is 143 Å². The zero-order chi connectivity index (χ0) is 26.9. The van der Waals surface area contributed by atoms with Crippen molar-refractivity contribution in [3.05, 3.63) is 0 Å². The topological polar surface area (TPSA) is 18.5 Å². The van der Waals surface area contributed by atoms with E-state index in [-0.39, 0.29) is 12.2 Å². The number of hydrogen-bond acceptors (Lipinski definition) is 2. The van der Waals surface area contributed by atoms with E-state index in [0.29, 0.717) is 5.92 Å². The summed E-state index contributed by atoms with van der Waals surface area (Å²) in [7, 11) is 0. The summed E-state index contributed by atoms with van der Waals surface area (Å²) in [6.45, 7) is 15.7. The Hall–Kier alpha value is -0.0800. The van der Waals surface area contributed by atoms with E-state index >= 15 is 0 Å². The summed E-state index contributed by atoms with van der Waals surface area (Å²) in [5.74, 6) is 0.112. The largest absolute Gasteiger partial charge is 0.347 e. The minimum absolute atomic E-state index is 0.203. The van der Waals surface area contributed by atoms with Crippen LogP contribution in [-0.4, -0.2) is 18.0 Å². The lowest BCUT2D eigenvalue weighted by atomic mass is 9.83. The van der Waals surface area contributed by atoms with Crippen molar-refractivity contribution >= 4 is 0 Å². The summed E-state index contributed by atoms with van der Waals surface area (Å²) in [6.07, 6.45) is 31.2. The van der Waals surface area contributed by atoms with E-state index < -0.39 is 5.79 Å². The SMILES string of the molecule is CCCCCCCCCC(CCCCCCCC)C(CCCCCCCCC)(OC(C)C)OC(C)C. The summed E-state index contributed by atoms with van der Waals surface area (Å²) >= 11 is 0. The fraction of sp³-hybridized carbons (Fsp3) is 1.00. The molecule has 2 nitrogen and oxygen atoms in total. The lowest BCUT2D eigenvalue weighted by Gasteiger charge is -2.43. The smallest absolute Gasteiger partial charge is 0.171 e. The van der Waals surface area contributed by atoms with E-state index in [1.54, 1.807) is 0 Å². The van der Waals surface area contributed by atoms with E-state index in [0.717, 1.165) is 6.42 Å². The van der Waals surface area contributed by atoms with Crippen LogP contribution in [0.2, 0.25) is 0 Å². The Morgan fingerprint density at radius 3 is 1.06 bits per heavy atom. The maximum absolute atomic E-state index is 6.84. The Bertz CT molecular complexity index is 421. The highest BCUT2D eigenvalue weighted by Gasteiger charge is 2.41. The molecule has 0 aromatic heterocycles. The molecule has 0 aliphatic heterocycles. The third-order valence-electron chi connectivity index (χ3n) is 7.68. The number of rotatable bonds is 28.